The molecule has 150 valence electrons. The number of hydrogen-bond acceptors (Lipinski definition) is 4. The van der Waals surface area contributed by atoms with Crippen molar-refractivity contribution in [1.82, 2.24) is 10.6 Å². The molecule has 0 aliphatic heterocycles. The Labute approximate surface area is 175 Å². The summed E-state index contributed by atoms with van der Waals surface area (Å²) in [5.41, 5.74) is 2.22. The predicted molar refractivity (Wildman–Crippen MR) is 120 cm³/mol. The molecule has 0 amide bonds. The van der Waals surface area contributed by atoms with E-state index in [-0.39, 0.29) is 35.8 Å². The highest BCUT2D eigenvalue weighted by Crippen LogP contribution is 2.22. The molecule has 26 heavy (non-hydrogen) atoms. The summed E-state index contributed by atoms with van der Waals surface area (Å²) in [6.07, 6.45) is 2.90. The molecular weight excluding hydrogens is 465 g/mol. The van der Waals surface area contributed by atoms with Crippen molar-refractivity contribution in [3.05, 3.63) is 29.3 Å². The fraction of sp³-hybridized carbons (Fsp3) is 0.611. The Bertz CT molecular complexity index is 678. The van der Waals surface area contributed by atoms with Crippen LogP contribution < -0.4 is 15.4 Å². The molecule has 0 spiro atoms. The number of benzene rings is 1. The summed E-state index contributed by atoms with van der Waals surface area (Å²) in [6.45, 7) is 7.33. The minimum Gasteiger partial charge on any atom is -0.490 e. The molecule has 1 aromatic rings. The highest BCUT2D eigenvalue weighted by Gasteiger charge is 2.09. The van der Waals surface area contributed by atoms with Crippen molar-refractivity contribution in [2.45, 2.75) is 46.3 Å². The van der Waals surface area contributed by atoms with Crippen molar-refractivity contribution in [3.8, 4) is 5.75 Å². The summed E-state index contributed by atoms with van der Waals surface area (Å²) in [5, 5.41) is 6.37. The minimum atomic E-state index is -2.92. The van der Waals surface area contributed by atoms with Gasteiger partial charge in [-0.2, -0.15) is 0 Å². The SMILES string of the molecule is CCC(C)Oc1cc(C)ccc1CNC(=NC)NCCCS(C)(=O)=O.I. The van der Waals surface area contributed by atoms with E-state index in [0.717, 1.165) is 23.3 Å². The standard InChI is InChI=1S/C18H31N3O3S.HI/c1-6-15(3)24-17-12-14(2)8-9-16(17)13-21-18(19-4)20-10-7-11-25(5,22)23;/h8-9,12,15H,6-7,10-11,13H2,1-5H3,(H2,19,20,21);1H. The molecule has 1 unspecified atom stereocenters. The lowest BCUT2D eigenvalue weighted by atomic mass is 10.1. The van der Waals surface area contributed by atoms with Crippen LogP contribution in [-0.4, -0.2) is 46.1 Å². The Morgan fingerprint density at radius 1 is 1.31 bits per heavy atom. The van der Waals surface area contributed by atoms with E-state index in [1.807, 2.05) is 13.0 Å². The zero-order valence-corrected chi connectivity index (χ0v) is 19.5. The fourth-order valence-electron chi connectivity index (χ4n) is 2.16. The number of ether oxygens (including phenoxy) is 1. The first-order valence-corrected chi connectivity index (χ1v) is 10.7. The van der Waals surface area contributed by atoms with Gasteiger partial charge in [0.2, 0.25) is 0 Å². The van der Waals surface area contributed by atoms with Gasteiger partial charge in [0.1, 0.15) is 15.6 Å². The van der Waals surface area contributed by atoms with Crippen LogP contribution in [0.1, 0.15) is 37.8 Å². The molecule has 6 nitrogen and oxygen atoms in total. The number of aliphatic imine (C=N–C) groups is 1. The topological polar surface area (TPSA) is 79.8 Å². The average molecular weight is 497 g/mol. The molecule has 8 heteroatoms. The van der Waals surface area contributed by atoms with Crippen LogP contribution in [0.25, 0.3) is 0 Å². The molecule has 1 aromatic carbocycles. The van der Waals surface area contributed by atoms with Crippen LogP contribution in [-0.2, 0) is 16.4 Å². The Kier molecular flexibility index (Phi) is 11.9. The van der Waals surface area contributed by atoms with Crippen LogP contribution in [0.2, 0.25) is 0 Å². The number of sulfone groups is 1. The molecule has 2 N–H and O–H groups in total. The molecule has 0 fully saturated rings. The first-order valence-electron chi connectivity index (χ1n) is 8.63. The monoisotopic (exact) mass is 497 g/mol. The number of nitrogens with one attached hydrogen (secondary N) is 2. The molecule has 1 rings (SSSR count). The summed E-state index contributed by atoms with van der Waals surface area (Å²) in [7, 11) is -1.23. The van der Waals surface area contributed by atoms with Gasteiger partial charge in [-0.05, 0) is 38.3 Å². The molecule has 0 saturated heterocycles. The second-order valence-electron chi connectivity index (χ2n) is 6.28. The third-order valence-electron chi connectivity index (χ3n) is 3.78. The van der Waals surface area contributed by atoms with Crippen molar-refractivity contribution in [2.75, 3.05) is 25.6 Å². The molecule has 0 aromatic heterocycles. The Hall–Kier alpha value is -1.03. The molecule has 0 aliphatic carbocycles. The van der Waals surface area contributed by atoms with E-state index in [2.05, 4.69) is 41.6 Å². The van der Waals surface area contributed by atoms with Gasteiger partial charge in [-0.3, -0.25) is 4.99 Å². The van der Waals surface area contributed by atoms with Crippen LogP contribution in [0, 0.1) is 6.92 Å². The second-order valence-corrected chi connectivity index (χ2v) is 8.54. The second kappa shape index (κ2) is 12.4. The zero-order chi connectivity index (χ0) is 18.9. The lowest BCUT2D eigenvalue weighted by Crippen LogP contribution is -2.37. The molecule has 1 atom stereocenters. The normalized spacial score (nSPS) is 12.9. The summed E-state index contributed by atoms with van der Waals surface area (Å²) >= 11 is 0. The van der Waals surface area contributed by atoms with Gasteiger partial charge in [-0.25, -0.2) is 8.42 Å². The third kappa shape index (κ3) is 10.2. The fourth-order valence-corrected chi connectivity index (χ4v) is 2.83. The number of nitrogens with zero attached hydrogens (tertiary/aromatic N) is 1. The van der Waals surface area contributed by atoms with Gasteiger partial charge in [0.05, 0.1) is 11.9 Å². The largest absolute Gasteiger partial charge is 0.490 e. The third-order valence-corrected chi connectivity index (χ3v) is 4.81. The molecule has 0 heterocycles. The van der Waals surface area contributed by atoms with Crippen molar-refractivity contribution in [1.29, 1.82) is 0 Å². The maximum Gasteiger partial charge on any atom is 0.191 e. The summed E-state index contributed by atoms with van der Waals surface area (Å²) in [5.74, 6) is 1.69. The van der Waals surface area contributed by atoms with Crippen molar-refractivity contribution < 1.29 is 13.2 Å². The Morgan fingerprint density at radius 2 is 2.00 bits per heavy atom. The predicted octanol–water partition coefficient (Wildman–Crippen LogP) is 2.89. The lowest BCUT2D eigenvalue weighted by molar-refractivity contribution is 0.215. The van der Waals surface area contributed by atoms with E-state index >= 15 is 0 Å². The highest BCUT2D eigenvalue weighted by molar-refractivity contribution is 14.0. The summed E-state index contributed by atoms with van der Waals surface area (Å²) < 4.78 is 28.3. The maximum absolute atomic E-state index is 11.1. The van der Waals surface area contributed by atoms with E-state index in [0.29, 0.717) is 25.5 Å². The molecular formula is C18H32IN3O3S. The molecule has 0 bridgehead atoms. The lowest BCUT2D eigenvalue weighted by Gasteiger charge is -2.18. The van der Waals surface area contributed by atoms with E-state index in [1.54, 1.807) is 7.05 Å². The van der Waals surface area contributed by atoms with Gasteiger partial charge in [0, 0.05) is 32.0 Å². The van der Waals surface area contributed by atoms with Crippen molar-refractivity contribution in [2.24, 2.45) is 4.99 Å². The van der Waals surface area contributed by atoms with Gasteiger partial charge in [-0.15, -0.1) is 24.0 Å². The van der Waals surface area contributed by atoms with Gasteiger partial charge in [0.25, 0.3) is 0 Å². The Morgan fingerprint density at radius 3 is 2.58 bits per heavy atom. The quantitative estimate of drug-likeness (QED) is 0.238. The zero-order valence-electron chi connectivity index (χ0n) is 16.3. The van der Waals surface area contributed by atoms with Gasteiger partial charge >= 0.3 is 0 Å². The first kappa shape index (κ1) is 25.0. The van der Waals surface area contributed by atoms with Gasteiger partial charge < -0.3 is 15.4 Å². The van der Waals surface area contributed by atoms with E-state index < -0.39 is 9.84 Å². The van der Waals surface area contributed by atoms with E-state index in [9.17, 15) is 8.42 Å². The molecule has 0 saturated carbocycles. The van der Waals surface area contributed by atoms with Gasteiger partial charge in [0.15, 0.2) is 5.96 Å². The molecule has 0 radical (unpaired) electrons. The average Bonchev–Trinajstić information content (AvgIpc) is 2.54. The van der Waals surface area contributed by atoms with E-state index in [4.69, 9.17) is 4.74 Å². The number of hydrogen-bond donors (Lipinski definition) is 2. The molecule has 0 aliphatic rings. The number of guanidine groups is 1. The van der Waals surface area contributed by atoms with Crippen LogP contribution in [0.15, 0.2) is 23.2 Å². The van der Waals surface area contributed by atoms with Crippen LogP contribution in [0.5, 0.6) is 5.75 Å². The van der Waals surface area contributed by atoms with E-state index in [1.165, 1.54) is 6.26 Å². The first-order chi connectivity index (χ1) is 11.7. The van der Waals surface area contributed by atoms with Crippen molar-refractivity contribution >= 4 is 39.8 Å². The van der Waals surface area contributed by atoms with Crippen LogP contribution in [0.4, 0.5) is 0 Å². The number of rotatable bonds is 9. The number of halogens is 1. The van der Waals surface area contributed by atoms with Crippen molar-refractivity contribution in [3.63, 3.8) is 0 Å². The Balaban J connectivity index is 0.00000625. The summed E-state index contributed by atoms with van der Waals surface area (Å²) in [4.78, 5) is 4.17. The van der Waals surface area contributed by atoms with Crippen LogP contribution in [0.3, 0.4) is 0 Å². The highest BCUT2D eigenvalue weighted by atomic mass is 127. The number of aryl methyl sites for hydroxylation is 1. The van der Waals surface area contributed by atoms with Gasteiger partial charge in [-0.1, -0.05) is 19.1 Å². The smallest absolute Gasteiger partial charge is 0.191 e. The van der Waals surface area contributed by atoms with Crippen LogP contribution >= 0.6 is 24.0 Å². The summed E-state index contributed by atoms with van der Waals surface area (Å²) in [6, 6.07) is 6.16. The minimum absolute atomic E-state index is 0. The maximum atomic E-state index is 11.1.